The first-order valence-electron chi connectivity index (χ1n) is 4.88. The molecule has 1 aromatic rings. The molecule has 1 N–H and O–H groups in total. The third kappa shape index (κ3) is 2.26. The lowest BCUT2D eigenvalue weighted by atomic mass is 9.95. The fraction of sp³-hybridized carbons (Fsp3) is 0.500. The van der Waals surface area contributed by atoms with Crippen LogP contribution < -0.4 is 4.74 Å². The standard InChI is InChI=1S/C12H18O2/c1-5-9-8-10(12(2,3)13)6-7-11(9)14-4/h6-8,13H,5H2,1-4H3. The molecule has 2 nitrogen and oxygen atoms in total. The average Bonchev–Trinajstić information content (AvgIpc) is 2.15. The van der Waals surface area contributed by atoms with E-state index in [1.54, 1.807) is 21.0 Å². The van der Waals surface area contributed by atoms with Crippen LogP contribution in [-0.2, 0) is 12.0 Å². The number of hydrogen-bond donors (Lipinski definition) is 1. The van der Waals surface area contributed by atoms with Gasteiger partial charge in [0.2, 0.25) is 0 Å². The zero-order valence-corrected chi connectivity index (χ0v) is 9.29. The molecular formula is C12H18O2. The Morgan fingerprint density at radius 2 is 2.00 bits per heavy atom. The highest BCUT2D eigenvalue weighted by atomic mass is 16.5. The van der Waals surface area contributed by atoms with Gasteiger partial charge in [0.05, 0.1) is 12.7 Å². The van der Waals surface area contributed by atoms with Crippen LogP contribution in [-0.4, -0.2) is 12.2 Å². The maximum atomic E-state index is 9.83. The van der Waals surface area contributed by atoms with Crippen molar-refractivity contribution in [1.82, 2.24) is 0 Å². The number of benzene rings is 1. The van der Waals surface area contributed by atoms with E-state index >= 15 is 0 Å². The molecule has 0 aliphatic carbocycles. The van der Waals surface area contributed by atoms with Crippen molar-refractivity contribution in [2.45, 2.75) is 32.8 Å². The van der Waals surface area contributed by atoms with Crippen LogP contribution in [0.3, 0.4) is 0 Å². The number of hydrogen-bond acceptors (Lipinski definition) is 2. The Morgan fingerprint density at radius 1 is 1.36 bits per heavy atom. The minimum absolute atomic E-state index is 0.782. The molecule has 78 valence electrons. The van der Waals surface area contributed by atoms with Gasteiger partial charge in [-0.1, -0.05) is 13.0 Å². The SMILES string of the molecule is CCc1cc(C(C)(C)O)ccc1OC. The van der Waals surface area contributed by atoms with E-state index in [1.807, 2.05) is 18.2 Å². The van der Waals surface area contributed by atoms with Gasteiger partial charge in [-0.25, -0.2) is 0 Å². The second kappa shape index (κ2) is 4.01. The van der Waals surface area contributed by atoms with Gasteiger partial charge in [-0.3, -0.25) is 0 Å². The number of rotatable bonds is 3. The Morgan fingerprint density at radius 3 is 2.43 bits per heavy atom. The lowest BCUT2D eigenvalue weighted by molar-refractivity contribution is 0.0784. The molecule has 0 saturated heterocycles. The third-order valence-electron chi connectivity index (χ3n) is 2.37. The van der Waals surface area contributed by atoms with Gasteiger partial charge in [0.15, 0.2) is 0 Å². The topological polar surface area (TPSA) is 29.5 Å². The van der Waals surface area contributed by atoms with Crippen LogP contribution in [0.4, 0.5) is 0 Å². The normalized spacial score (nSPS) is 11.5. The van der Waals surface area contributed by atoms with E-state index in [2.05, 4.69) is 6.92 Å². The van der Waals surface area contributed by atoms with Crippen molar-refractivity contribution in [1.29, 1.82) is 0 Å². The molecule has 0 atom stereocenters. The first-order chi connectivity index (χ1) is 6.49. The van der Waals surface area contributed by atoms with Crippen LogP contribution in [0.1, 0.15) is 31.9 Å². The quantitative estimate of drug-likeness (QED) is 0.801. The van der Waals surface area contributed by atoms with Crippen LogP contribution in [0.25, 0.3) is 0 Å². The molecule has 0 saturated carbocycles. The fourth-order valence-corrected chi connectivity index (χ4v) is 1.44. The smallest absolute Gasteiger partial charge is 0.122 e. The molecule has 0 aliphatic rings. The Bertz CT molecular complexity index is 311. The summed E-state index contributed by atoms with van der Waals surface area (Å²) in [5, 5.41) is 9.83. The third-order valence-corrected chi connectivity index (χ3v) is 2.37. The largest absolute Gasteiger partial charge is 0.496 e. The molecule has 2 heteroatoms. The van der Waals surface area contributed by atoms with E-state index in [-0.39, 0.29) is 0 Å². The van der Waals surface area contributed by atoms with Crippen LogP contribution in [0.2, 0.25) is 0 Å². The van der Waals surface area contributed by atoms with Gasteiger partial charge < -0.3 is 9.84 Å². The first kappa shape index (κ1) is 11.1. The van der Waals surface area contributed by atoms with Crippen molar-refractivity contribution in [2.75, 3.05) is 7.11 Å². The number of methoxy groups -OCH3 is 1. The predicted octanol–water partition coefficient (Wildman–Crippen LogP) is 2.49. The summed E-state index contributed by atoms with van der Waals surface area (Å²) in [6.45, 7) is 5.65. The molecule has 0 unspecified atom stereocenters. The Hall–Kier alpha value is -1.02. The lowest BCUT2D eigenvalue weighted by Crippen LogP contribution is -2.15. The molecule has 14 heavy (non-hydrogen) atoms. The van der Waals surface area contributed by atoms with Gasteiger partial charge in [0.25, 0.3) is 0 Å². The number of ether oxygens (including phenoxy) is 1. The van der Waals surface area contributed by atoms with Gasteiger partial charge in [0, 0.05) is 0 Å². The highest BCUT2D eigenvalue weighted by molar-refractivity contribution is 5.39. The predicted molar refractivity (Wildman–Crippen MR) is 57.6 cm³/mol. The zero-order valence-electron chi connectivity index (χ0n) is 9.29. The molecule has 1 aromatic carbocycles. The van der Waals surface area contributed by atoms with E-state index in [0.717, 1.165) is 23.3 Å². The molecule has 0 bridgehead atoms. The zero-order chi connectivity index (χ0) is 10.8. The summed E-state index contributed by atoms with van der Waals surface area (Å²) in [6, 6.07) is 5.81. The van der Waals surface area contributed by atoms with E-state index in [0.29, 0.717) is 0 Å². The highest BCUT2D eigenvalue weighted by Crippen LogP contribution is 2.26. The summed E-state index contributed by atoms with van der Waals surface area (Å²) in [6.07, 6.45) is 0.910. The van der Waals surface area contributed by atoms with Crippen LogP contribution in [0.5, 0.6) is 5.75 Å². The first-order valence-corrected chi connectivity index (χ1v) is 4.88. The monoisotopic (exact) mass is 194 g/mol. The highest BCUT2D eigenvalue weighted by Gasteiger charge is 2.16. The van der Waals surface area contributed by atoms with E-state index in [1.165, 1.54) is 0 Å². The summed E-state index contributed by atoms with van der Waals surface area (Å²) in [7, 11) is 1.66. The van der Waals surface area contributed by atoms with E-state index in [9.17, 15) is 5.11 Å². The number of aliphatic hydroxyl groups is 1. The average molecular weight is 194 g/mol. The molecule has 0 fully saturated rings. The van der Waals surface area contributed by atoms with Crippen LogP contribution in [0, 0.1) is 0 Å². The molecule has 0 radical (unpaired) electrons. The molecule has 0 spiro atoms. The van der Waals surface area contributed by atoms with Crippen molar-refractivity contribution < 1.29 is 9.84 Å². The van der Waals surface area contributed by atoms with Gasteiger partial charge in [-0.05, 0) is 43.5 Å². The van der Waals surface area contributed by atoms with Crippen molar-refractivity contribution in [3.63, 3.8) is 0 Å². The van der Waals surface area contributed by atoms with Crippen LogP contribution in [0.15, 0.2) is 18.2 Å². The Balaban J connectivity index is 3.14. The van der Waals surface area contributed by atoms with Gasteiger partial charge in [0.1, 0.15) is 5.75 Å². The fourth-order valence-electron chi connectivity index (χ4n) is 1.44. The summed E-state index contributed by atoms with van der Waals surface area (Å²) in [5.74, 6) is 0.889. The van der Waals surface area contributed by atoms with E-state index in [4.69, 9.17) is 4.74 Å². The molecule has 1 rings (SSSR count). The second-order valence-corrected chi connectivity index (χ2v) is 3.94. The van der Waals surface area contributed by atoms with Crippen molar-refractivity contribution >= 4 is 0 Å². The van der Waals surface area contributed by atoms with Crippen molar-refractivity contribution in [2.24, 2.45) is 0 Å². The molecule has 0 amide bonds. The molecular weight excluding hydrogens is 176 g/mol. The second-order valence-electron chi connectivity index (χ2n) is 3.94. The van der Waals surface area contributed by atoms with Crippen molar-refractivity contribution in [3.05, 3.63) is 29.3 Å². The van der Waals surface area contributed by atoms with Gasteiger partial charge in [-0.15, -0.1) is 0 Å². The minimum atomic E-state index is -0.782. The lowest BCUT2D eigenvalue weighted by Gasteiger charge is -2.19. The maximum absolute atomic E-state index is 9.83. The van der Waals surface area contributed by atoms with Crippen molar-refractivity contribution in [3.8, 4) is 5.75 Å². The summed E-state index contributed by atoms with van der Waals surface area (Å²) in [5.41, 5.74) is 1.28. The maximum Gasteiger partial charge on any atom is 0.122 e. The number of aryl methyl sites for hydroxylation is 1. The Kier molecular flexibility index (Phi) is 3.17. The summed E-state index contributed by atoms with van der Waals surface area (Å²) >= 11 is 0. The van der Waals surface area contributed by atoms with Crippen LogP contribution >= 0.6 is 0 Å². The Labute approximate surface area is 85.5 Å². The van der Waals surface area contributed by atoms with E-state index < -0.39 is 5.60 Å². The summed E-state index contributed by atoms with van der Waals surface area (Å²) in [4.78, 5) is 0. The molecule has 0 heterocycles. The summed E-state index contributed by atoms with van der Waals surface area (Å²) < 4.78 is 5.22. The van der Waals surface area contributed by atoms with Gasteiger partial charge >= 0.3 is 0 Å². The molecule has 0 aromatic heterocycles. The minimum Gasteiger partial charge on any atom is -0.496 e. The molecule has 0 aliphatic heterocycles. The van der Waals surface area contributed by atoms with Gasteiger partial charge in [-0.2, -0.15) is 0 Å².